The van der Waals surface area contributed by atoms with E-state index in [0.717, 1.165) is 33.7 Å². The van der Waals surface area contributed by atoms with Crippen LogP contribution in [0.4, 0.5) is 10.5 Å². The Balaban J connectivity index is 1.36. The molecule has 3 aromatic rings. The zero-order valence-corrected chi connectivity index (χ0v) is 17.6. The van der Waals surface area contributed by atoms with Crippen LogP contribution in [0.15, 0.2) is 66.7 Å². The third-order valence-electron chi connectivity index (χ3n) is 5.98. The van der Waals surface area contributed by atoms with Crippen molar-refractivity contribution in [3.63, 3.8) is 0 Å². The summed E-state index contributed by atoms with van der Waals surface area (Å²) < 4.78 is 6.22. The van der Waals surface area contributed by atoms with Crippen LogP contribution in [0, 0.1) is 0 Å². The van der Waals surface area contributed by atoms with Crippen LogP contribution < -0.4 is 15.4 Å². The van der Waals surface area contributed by atoms with Crippen molar-refractivity contribution in [3.8, 4) is 5.75 Å². The van der Waals surface area contributed by atoms with Crippen LogP contribution in [0.5, 0.6) is 5.75 Å². The molecule has 3 unspecified atom stereocenters. The van der Waals surface area contributed by atoms with Crippen molar-refractivity contribution in [1.29, 1.82) is 0 Å². The summed E-state index contributed by atoms with van der Waals surface area (Å²) in [7, 11) is 0. The average molecular weight is 435 g/mol. The van der Waals surface area contributed by atoms with Gasteiger partial charge in [-0.15, -0.1) is 0 Å². The van der Waals surface area contributed by atoms with E-state index in [2.05, 4.69) is 10.6 Å². The Labute approximate surface area is 186 Å². The number of fused-ring (bicyclic) bond motifs is 2. The molecular weight excluding hydrogens is 412 g/mol. The van der Waals surface area contributed by atoms with Crippen molar-refractivity contribution in [2.75, 3.05) is 5.32 Å². The van der Waals surface area contributed by atoms with E-state index in [9.17, 15) is 9.90 Å². The monoisotopic (exact) mass is 434 g/mol. The van der Waals surface area contributed by atoms with E-state index in [1.54, 1.807) is 0 Å². The van der Waals surface area contributed by atoms with Gasteiger partial charge >= 0.3 is 6.03 Å². The van der Waals surface area contributed by atoms with E-state index in [1.807, 2.05) is 66.7 Å². The molecule has 0 aromatic heterocycles. The van der Waals surface area contributed by atoms with Gasteiger partial charge in [-0.25, -0.2) is 4.79 Å². The predicted molar refractivity (Wildman–Crippen MR) is 121 cm³/mol. The number of benzene rings is 3. The van der Waals surface area contributed by atoms with Gasteiger partial charge in [0.2, 0.25) is 0 Å². The zero-order chi connectivity index (χ0) is 21.4. The van der Waals surface area contributed by atoms with E-state index >= 15 is 0 Å². The first kappa shape index (κ1) is 19.9. The molecule has 1 aliphatic carbocycles. The highest BCUT2D eigenvalue weighted by molar-refractivity contribution is 6.30. The number of nitrogens with one attached hydrogen (secondary N) is 2. The van der Waals surface area contributed by atoms with E-state index in [-0.39, 0.29) is 24.3 Å². The molecule has 6 heteroatoms. The second kappa shape index (κ2) is 8.25. The van der Waals surface area contributed by atoms with Gasteiger partial charge in [0.15, 0.2) is 0 Å². The van der Waals surface area contributed by atoms with Crippen LogP contribution in [0.3, 0.4) is 0 Å². The van der Waals surface area contributed by atoms with Crippen molar-refractivity contribution in [2.45, 2.75) is 37.5 Å². The number of rotatable bonds is 3. The first-order chi connectivity index (χ1) is 15.1. The lowest BCUT2D eigenvalue weighted by molar-refractivity contribution is 0.153. The maximum absolute atomic E-state index is 12.9. The molecule has 5 nitrogen and oxygen atoms in total. The van der Waals surface area contributed by atoms with Gasteiger partial charge in [-0.3, -0.25) is 0 Å². The number of carbonyl (C=O) groups is 1. The summed E-state index contributed by atoms with van der Waals surface area (Å²) in [6.45, 7) is 0. The summed E-state index contributed by atoms with van der Waals surface area (Å²) in [6.07, 6.45) is 1.22. The lowest BCUT2D eigenvalue weighted by Gasteiger charge is -2.33. The molecule has 0 spiro atoms. The summed E-state index contributed by atoms with van der Waals surface area (Å²) in [4.78, 5) is 12.9. The zero-order valence-electron chi connectivity index (χ0n) is 16.8. The molecular formula is C25H23ClN2O3. The van der Waals surface area contributed by atoms with Crippen molar-refractivity contribution in [2.24, 2.45) is 0 Å². The van der Waals surface area contributed by atoms with Crippen molar-refractivity contribution >= 4 is 23.3 Å². The van der Waals surface area contributed by atoms with Crippen LogP contribution in [0.1, 0.15) is 40.8 Å². The number of anilines is 1. The van der Waals surface area contributed by atoms with Gasteiger partial charge in [0, 0.05) is 29.1 Å². The minimum absolute atomic E-state index is 0.186. The first-order valence-corrected chi connectivity index (χ1v) is 10.8. The molecule has 158 valence electrons. The second-order valence-corrected chi connectivity index (χ2v) is 8.52. The highest BCUT2D eigenvalue weighted by atomic mass is 35.5. The molecule has 1 aliphatic heterocycles. The summed E-state index contributed by atoms with van der Waals surface area (Å²) >= 11 is 6.03. The maximum Gasteiger partial charge on any atom is 0.319 e. The standard InChI is InChI=1S/C25H23ClN2O3/c26-17-10-8-15(9-11-17)24-14-22(19-5-1-2-7-23(19)31-24)28-25(30)27-21-6-3-4-16-12-18(29)13-20(16)21/h1-11,18,22,24,29H,12-14H2,(H2,27,28,30). The molecule has 31 heavy (non-hydrogen) atoms. The number of halogens is 1. The third kappa shape index (κ3) is 4.11. The fourth-order valence-electron chi connectivity index (χ4n) is 4.50. The van der Waals surface area contributed by atoms with Crippen LogP contribution in [-0.2, 0) is 12.8 Å². The van der Waals surface area contributed by atoms with Gasteiger partial charge in [-0.2, -0.15) is 0 Å². The Kier molecular flexibility index (Phi) is 5.30. The minimum atomic E-state index is -0.386. The molecule has 0 bridgehead atoms. The molecule has 0 saturated carbocycles. The number of hydrogen-bond acceptors (Lipinski definition) is 3. The van der Waals surface area contributed by atoms with Gasteiger partial charge < -0.3 is 20.5 Å². The van der Waals surface area contributed by atoms with Gasteiger partial charge in [0.25, 0.3) is 0 Å². The largest absolute Gasteiger partial charge is 0.485 e. The molecule has 3 N–H and O–H groups in total. The Bertz CT molecular complexity index is 1120. The number of amides is 2. The fourth-order valence-corrected chi connectivity index (χ4v) is 4.62. The van der Waals surface area contributed by atoms with E-state index in [4.69, 9.17) is 16.3 Å². The molecule has 3 aromatic carbocycles. The van der Waals surface area contributed by atoms with E-state index in [0.29, 0.717) is 24.3 Å². The van der Waals surface area contributed by atoms with E-state index < -0.39 is 0 Å². The van der Waals surface area contributed by atoms with Gasteiger partial charge in [-0.1, -0.05) is 54.1 Å². The summed E-state index contributed by atoms with van der Waals surface area (Å²) in [5.74, 6) is 0.766. The number of hydrogen-bond donors (Lipinski definition) is 3. The Morgan fingerprint density at radius 3 is 2.65 bits per heavy atom. The summed E-state index contributed by atoms with van der Waals surface area (Å²) in [6, 6.07) is 20.7. The Morgan fingerprint density at radius 1 is 1.00 bits per heavy atom. The van der Waals surface area contributed by atoms with Gasteiger partial charge in [0.05, 0.1) is 12.1 Å². The number of para-hydroxylation sites is 1. The van der Waals surface area contributed by atoms with Crippen LogP contribution >= 0.6 is 11.6 Å². The SMILES string of the molecule is O=C(Nc1cccc2c1CC(O)C2)NC1CC(c2ccc(Cl)cc2)Oc2ccccc21. The molecule has 0 saturated heterocycles. The molecule has 2 amide bonds. The molecule has 2 aliphatic rings. The van der Waals surface area contributed by atoms with Crippen LogP contribution in [0.25, 0.3) is 0 Å². The molecule has 1 heterocycles. The normalized spacial score (nSPS) is 21.5. The van der Waals surface area contributed by atoms with Gasteiger partial charge in [0.1, 0.15) is 11.9 Å². The molecule has 3 atom stereocenters. The smallest absolute Gasteiger partial charge is 0.319 e. The topological polar surface area (TPSA) is 70.6 Å². The molecule has 0 fully saturated rings. The van der Waals surface area contributed by atoms with Crippen LogP contribution in [-0.4, -0.2) is 17.2 Å². The van der Waals surface area contributed by atoms with Crippen LogP contribution in [0.2, 0.25) is 5.02 Å². The number of carbonyl (C=O) groups excluding carboxylic acids is 1. The first-order valence-electron chi connectivity index (χ1n) is 10.4. The van der Waals surface area contributed by atoms with Crippen molar-refractivity contribution in [1.82, 2.24) is 5.32 Å². The van der Waals surface area contributed by atoms with Crippen molar-refractivity contribution in [3.05, 3.63) is 94.0 Å². The second-order valence-electron chi connectivity index (χ2n) is 8.09. The Hall–Kier alpha value is -3.02. The quantitative estimate of drug-likeness (QED) is 0.531. The third-order valence-corrected chi connectivity index (χ3v) is 6.23. The van der Waals surface area contributed by atoms with Crippen molar-refractivity contribution < 1.29 is 14.6 Å². The average Bonchev–Trinajstić information content (AvgIpc) is 3.15. The minimum Gasteiger partial charge on any atom is -0.485 e. The lowest BCUT2D eigenvalue weighted by atomic mass is 9.93. The highest BCUT2D eigenvalue weighted by Crippen LogP contribution is 2.41. The molecule has 0 radical (unpaired) electrons. The lowest BCUT2D eigenvalue weighted by Crippen LogP contribution is -2.36. The Morgan fingerprint density at radius 2 is 1.81 bits per heavy atom. The molecule has 5 rings (SSSR count). The number of aliphatic hydroxyl groups is 1. The number of ether oxygens (including phenoxy) is 1. The highest BCUT2D eigenvalue weighted by Gasteiger charge is 2.30. The number of urea groups is 1. The van der Waals surface area contributed by atoms with E-state index in [1.165, 1.54) is 0 Å². The summed E-state index contributed by atoms with van der Waals surface area (Å²) in [5.41, 5.74) is 4.82. The number of aliphatic hydroxyl groups excluding tert-OH is 1. The predicted octanol–water partition coefficient (Wildman–Crippen LogP) is 5.19. The maximum atomic E-state index is 12.9. The fraction of sp³-hybridized carbons (Fsp3) is 0.240. The van der Waals surface area contributed by atoms with Gasteiger partial charge in [-0.05, 0) is 47.4 Å². The summed E-state index contributed by atoms with van der Waals surface area (Å²) in [5, 5.41) is 16.8.